The lowest BCUT2D eigenvalue weighted by atomic mass is 10.1. The monoisotopic (exact) mass is 270 g/mol. The van der Waals surface area contributed by atoms with E-state index in [0.29, 0.717) is 0 Å². The van der Waals surface area contributed by atoms with E-state index in [-0.39, 0.29) is 6.04 Å². The van der Waals surface area contributed by atoms with Crippen LogP contribution in [0.2, 0.25) is 0 Å². The van der Waals surface area contributed by atoms with Gasteiger partial charge in [-0.05, 0) is 36.1 Å². The number of rotatable bonds is 3. The molecule has 1 unspecified atom stereocenters. The Morgan fingerprint density at radius 1 is 1.21 bits per heavy atom. The van der Waals surface area contributed by atoms with Crippen LogP contribution in [-0.4, -0.2) is 15.0 Å². The predicted octanol–water partition coefficient (Wildman–Crippen LogP) is 2.69. The second kappa shape index (κ2) is 4.95. The molecule has 19 heavy (non-hydrogen) atoms. The smallest absolute Gasteiger partial charge is 0.105 e. The van der Waals surface area contributed by atoms with Crippen molar-refractivity contribution < 1.29 is 0 Å². The Hall–Kier alpha value is -1.98. The van der Waals surface area contributed by atoms with Crippen molar-refractivity contribution >= 4 is 11.3 Å². The van der Waals surface area contributed by atoms with Crippen molar-refractivity contribution in [1.29, 1.82) is 0 Å². The van der Waals surface area contributed by atoms with E-state index in [0.717, 1.165) is 16.3 Å². The molecule has 5 heteroatoms. The number of thiophene rings is 1. The van der Waals surface area contributed by atoms with Crippen molar-refractivity contribution in [2.24, 2.45) is 5.73 Å². The third-order valence-electron chi connectivity index (χ3n) is 3.00. The van der Waals surface area contributed by atoms with Gasteiger partial charge in [-0.1, -0.05) is 18.2 Å². The van der Waals surface area contributed by atoms with Crippen LogP contribution >= 0.6 is 11.3 Å². The molecule has 0 bridgehead atoms. The van der Waals surface area contributed by atoms with Crippen LogP contribution in [0, 0.1) is 6.92 Å². The Morgan fingerprint density at radius 3 is 2.68 bits per heavy atom. The zero-order valence-corrected chi connectivity index (χ0v) is 11.3. The van der Waals surface area contributed by atoms with Gasteiger partial charge >= 0.3 is 0 Å². The fraction of sp³-hybridized carbons (Fsp3) is 0.143. The van der Waals surface area contributed by atoms with E-state index in [1.54, 1.807) is 22.3 Å². The molecule has 1 aromatic carbocycles. The number of para-hydroxylation sites is 1. The van der Waals surface area contributed by atoms with Gasteiger partial charge in [0.25, 0.3) is 0 Å². The first-order valence-electron chi connectivity index (χ1n) is 6.03. The summed E-state index contributed by atoms with van der Waals surface area (Å²) in [5, 5.41) is 10.8. The lowest BCUT2D eigenvalue weighted by Gasteiger charge is -2.07. The molecule has 0 amide bonds. The second-order valence-electron chi connectivity index (χ2n) is 4.34. The number of benzene rings is 1. The minimum atomic E-state index is -0.211. The summed E-state index contributed by atoms with van der Waals surface area (Å²) in [6, 6.07) is 11.7. The number of aromatic nitrogens is 3. The predicted molar refractivity (Wildman–Crippen MR) is 76.4 cm³/mol. The van der Waals surface area contributed by atoms with Gasteiger partial charge in [0, 0.05) is 4.88 Å². The lowest BCUT2D eigenvalue weighted by Crippen LogP contribution is -2.12. The van der Waals surface area contributed by atoms with Crippen LogP contribution in [0.1, 0.15) is 22.2 Å². The SMILES string of the molecule is Cc1ccsc1C(N)c1cnn(-c2ccccc2)n1. The van der Waals surface area contributed by atoms with Gasteiger partial charge in [0.05, 0.1) is 17.9 Å². The Bertz CT molecular complexity index is 672. The van der Waals surface area contributed by atoms with E-state index in [1.807, 2.05) is 35.7 Å². The molecule has 0 aliphatic heterocycles. The van der Waals surface area contributed by atoms with Crippen molar-refractivity contribution in [3.05, 3.63) is 64.1 Å². The molecule has 96 valence electrons. The third-order valence-corrected chi connectivity index (χ3v) is 4.10. The molecule has 0 spiro atoms. The summed E-state index contributed by atoms with van der Waals surface area (Å²) in [6.07, 6.45) is 1.73. The number of aryl methyl sites for hydroxylation is 1. The summed E-state index contributed by atoms with van der Waals surface area (Å²) >= 11 is 1.66. The summed E-state index contributed by atoms with van der Waals surface area (Å²) in [5.41, 5.74) is 9.17. The highest BCUT2D eigenvalue weighted by Crippen LogP contribution is 2.26. The molecule has 2 aromatic heterocycles. The maximum Gasteiger partial charge on any atom is 0.105 e. The minimum absolute atomic E-state index is 0.211. The highest BCUT2D eigenvalue weighted by molar-refractivity contribution is 7.10. The molecular formula is C14H14N4S. The highest BCUT2D eigenvalue weighted by Gasteiger charge is 2.16. The van der Waals surface area contributed by atoms with Gasteiger partial charge in [0.1, 0.15) is 5.69 Å². The topological polar surface area (TPSA) is 56.7 Å². The molecule has 2 N–H and O–H groups in total. The van der Waals surface area contributed by atoms with Crippen LogP contribution in [0.5, 0.6) is 0 Å². The molecular weight excluding hydrogens is 256 g/mol. The van der Waals surface area contributed by atoms with Gasteiger partial charge in [-0.3, -0.25) is 0 Å². The molecule has 1 atom stereocenters. The largest absolute Gasteiger partial charge is 0.318 e. The Labute approximate surface area is 115 Å². The maximum atomic E-state index is 6.25. The van der Waals surface area contributed by atoms with Gasteiger partial charge in [0.15, 0.2) is 0 Å². The van der Waals surface area contributed by atoms with Crippen molar-refractivity contribution in [3.8, 4) is 5.69 Å². The van der Waals surface area contributed by atoms with E-state index in [9.17, 15) is 0 Å². The first kappa shape index (κ1) is 12.1. The number of nitrogens with two attached hydrogens (primary N) is 1. The standard InChI is InChI=1S/C14H14N4S/c1-10-7-8-19-14(10)13(15)12-9-16-18(17-12)11-5-3-2-4-6-11/h2-9,13H,15H2,1H3. The first-order valence-corrected chi connectivity index (χ1v) is 6.91. The normalized spacial score (nSPS) is 12.5. The Morgan fingerprint density at radius 2 is 2.00 bits per heavy atom. The molecule has 3 aromatic rings. The Kier molecular flexibility index (Phi) is 3.15. The van der Waals surface area contributed by atoms with Gasteiger partial charge in [0.2, 0.25) is 0 Å². The quantitative estimate of drug-likeness (QED) is 0.796. The Balaban J connectivity index is 1.92. The summed E-state index contributed by atoms with van der Waals surface area (Å²) in [6.45, 7) is 2.06. The zero-order valence-electron chi connectivity index (χ0n) is 10.5. The molecule has 0 saturated heterocycles. The van der Waals surface area contributed by atoms with E-state index in [4.69, 9.17) is 5.73 Å². The van der Waals surface area contributed by atoms with Crippen LogP contribution in [0.4, 0.5) is 0 Å². The maximum absolute atomic E-state index is 6.25. The van der Waals surface area contributed by atoms with E-state index in [2.05, 4.69) is 23.2 Å². The van der Waals surface area contributed by atoms with Crippen LogP contribution in [0.15, 0.2) is 48.0 Å². The van der Waals surface area contributed by atoms with E-state index in [1.165, 1.54) is 5.56 Å². The van der Waals surface area contributed by atoms with E-state index >= 15 is 0 Å². The molecule has 2 heterocycles. The molecule has 0 saturated carbocycles. The van der Waals surface area contributed by atoms with Crippen molar-refractivity contribution in [1.82, 2.24) is 15.0 Å². The third kappa shape index (κ3) is 2.30. The van der Waals surface area contributed by atoms with Crippen molar-refractivity contribution in [2.45, 2.75) is 13.0 Å². The fourth-order valence-corrected chi connectivity index (χ4v) is 2.88. The molecule has 0 aliphatic rings. The lowest BCUT2D eigenvalue weighted by molar-refractivity contribution is 0.722. The van der Waals surface area contributed by atoms with Crippen molar-refractivity contribution in [2.75, 3.05) is 0 Å². The molecule has 4 nitrogen and oxygen atoms in total. The van der Waals surface area contributed by atoms with Crippen LogP contribution < -0.4 is 5.73 Å². The minimum Gasteiger partial charge on any atom is -0.318 e. The summed E-state index contributed by atoms with van der Waals surface area (Å²) in [4.78, 5) is 2.75. The molecule has 0 aliphatic carbocycles. The highest BCUT2D eigenvalue weighted by atomic mass is 32.1. The van der Waals surface area contributed by atoms with Gasteiger partial charge < -0.3 is 5.73 Å². The van der Waals surface area contributed by atoms with Gasteiger partial charge in [-0.15, -0.1) is 11.3 Å². The first-order chi connectivity index (χ1) is 9.25. The fourth-order valence-electron chi connectivity index (χ4n) is 1.94. The van der Waals surface area contributed by atoms with Crippen LogP contribution in [-0.2, 0) is 0 Å². The number of hydrogen-bond donors (Lipinski definition) is 1. The zero-order chi connectivity index (χ0) is 13.2. The molecule has 0 fully saturated rings. The molecule has 0 radical (unpaired) electrons. The van der Waals surface area contributed by atoms with Crippen molar-refractivity contribution in [3.63, 3.8) is 0 Å². The van der Waals surface area contributed by atoms with Gasteiger partial charge in [-0.2, -0.15) is 15.0 Å². The summed E-state index contributed by atoms with van der Waals surface area (Å²) in [7, 11) is 0. The van der Waals surface area contributed by atoms with E-state index < -0.39 is 0 Å². The average Bonchev–Trinajstić information content (AvgIpc) is 3.08. The van der Waals surface area contributed by atoms with Crippen LogP contribution in [0.25, 0.3) is 5.69 Å². The van der Waals surface area contributed by atoms with Gasteiger partial charge in [-0.25, -0.2) is 0 Å². The van der Waals surface area contributed by atoms with Crippen LogP contribution in [0.3, 0.4) is 0 Å². The number of nitrogens with zero attached hydrogens (tertiary/aromatic N) is 3. The average molecular weight is 270 g/mol. The second-order valence-corrected chi connectivity index (χ2v) is 5.29. The number of hydrogen-bond acceptors (Lipinski definition) is 4. The summed E-state index contributed by atoms with van der Waals surface area (Å²) in [5.74, 6) is 0. The molecule has 3 rings (SSSR count). The summed E-state index contributed by atoms with van der Waals surface area (Å²) < 4.78 is 0.